The molecule has 1 unspecified atom stereocenters. The van der Waals surface area contributed by atoms with Gasteiger partial charge >= 0.3 is 17.9 Å². The first kappa shape index (κ1) is 63.3. The molecule has 0 heterocycles. The molecule has 0 radical (unpaired) electrons. The molecule has 0 spiro atoms. The van der Waals surface area contributed by atoms with E-state index in [1.807, 2.05) is 12.2 Å². The number of unbranched alkanes of at least 4 members (excludes halogenated alkanes) is 22. The molecule has 0 N–H and O–H groups in total. The summed E-state index contributed by atoms with van der Waals surface area (Å²) < 4.78 is 16.8. The van der Waals surface area contributed by atoms with Gasteiger partial charge in [0.05, 0.1) is 0 Å². The van der Waals surface area contributed by atoms with E-state index in [0.717, 1.165) is 89.9 Å². The molecule has 0 rings (SSSR count). The van der Waals surface area contributed by atoms with Crippen molar-refractivity contribution in [2.24, 2.45) is 0 Å². The molecule has 0 aliphatic carbocycles. The Kier molecular flexibility index (Phi) is 51.9. The molecule has 0 saturated carbocycles. The van der Waals surface area contributed by atoms with Crippen molar-refractivity contribution in [3.8, 4) is 0 Å². The Balaban J connectivity index is 4.47. The fourth-order valence-electron chi connectivity index (χ4n) is 7.40. The normalized spacial score (nSPS) is 12.8. The van der Waals surface area contributed by atoms with E-state index in [9.17, 15) is 14.4 Å². The molecule has 0 bridgehead atoms. The molecular formula is C61H102O6. The Morgan fingerprint density at radius 3 is 1.00 bits per heavy atom. The van der Waals surface area contributed by atoms with Crippen molar-refractivity contribution in [3.05, 3.63) is 97.2 Å². The molecular weight excluding hydrogens is 829 g/mol. The summed E-state index contributed by atoms with van der Waals surface area (Å²) in [6.45, 7) is 6.41. The van der Waals surface area contributed by atoms with Gasteiger partial charge in [-0.05, 0) is 109 Å². The highest BCUT2D eigenvalue weighted by molar-refractivity contribution is 5.71. The van der Waals surface area contributed by atoms with Crippen LogP contribution in [-0.2, 0) is 28.6 Å². The molecule has 1 atom stereocenters. The minimum absolute atomic E-state index is 0.108. The van der Waals surface area contributed by atoms with Crippen molar-refractivity contribution in [3.63, 3.8) is 0 Å². The predicted molar refractivity (Wildman–Crippen MR) is 288 cm³/mol. The third kappa shape index (κ3) is 53.2. The fourth-order valence-corrected chi connectivity index (χ4v) is 7.40. The Morgan fingerprint density at radius 2 is 0.612 bits per heavy atom. The van der Waals surface area contributed by atoms with E-state index in [-0.39, 0.29) is 37.5 Å². The van der Waals surface area contributed by atoms with Crippen LogP contribution in [0.1, 0.15) is 252 Å². The molecule has 0 fully saturated rings. The van der Waals surface area contributed by atoms with Gasteiger partial charge in [-0.15, -0.1) is 0 Å². The second kappa shape index (κ2) is 54.9. The van der Waals surface area contributed by atoms with Crippen molar-refractivity contribution < 1.29 is 28.6 Å². The van der Waals surface area contributed by atoms with Crippen LogP contribution in [0.25, 0.3) is 0 Å². The number of hydrogen-bond donors (Lipinski definition) is 0. The standard InChI is InChI=1S/C61H102O6/c1-4-7-10-13-16-19-22-25-27-29-31-33-36-39-42-45-48-51-54-60(63)66-57-58(56-65-59(62)53-50-47-44-41-38-35-24-21-18-15-12-9-6-3)67-61(64)55-52-49-46-43-40-37-34-32-30-28-26-23-20-17-14-11-8-5-2/h9,12,18-23,27-30,35,38,44,47,58H,4-8,10-11,13-17,24-26,31-34,36-37,39-43,45-46,48-57H2,1-3H3/b12-9-,21-18-,22-19-,23-20-,29-27-,30-28-,38-35-,47-44-. The summed E-state index contributed by atoms with van der Waals surface area (Å²) in [6.07, 6.45) is 72.6. The summed E-state index contributed by atoms with van der Waals surface area (Å²) in [5, 5.41) is 0. The Hall–Kier alpha value is -3.67. The van der Waals surface area contributed by atoms with Crippen LogP contribution in [0.4, 0.5) is 0 Å². The zero-order chi connectivity index (χ0) is 48.6. The maximum atomic E-state index is 12.8. The van der Waals surface area contributed by atoms with Crippen molar-refractivity contribution in [1.82, 2.24) is 0 Å². The van der Waals surface area contributed by atoms with Crippen molar-refractivity contribution in [1.29, 1.82) is 0 Å². The molecule has 0 aliphatic rings. The largest absolute Gasteiger partial charge is 0.462 e. The van der Waals surface area contributed by atoms with Gasteiger partial charge in [-0.3, -0.25) is 14.4 Å². The van der Waals surface area contributed by atoms with E-state index in [2.05, 4.69) is 106 Å². The number of carbonyl (C=O) groups is 3. The summed E-state index contributed by atoms with van der Waals surface area (Å²) in [5.41, 5.74) is 0. The summed E-state index contributed by atoms with van der Waals surface area (Å²) in [5.74, 6) is -1.01. The van der Waals surface area contributed by atoms with Crippen LogP contribution in [0.3, 0.4) is 0 Å². The Bertz CT molecular complexity index is 1350. The van der Waals surface area contributed by atoms with Crippen molar-refractivity contribution in [2.75, 3.05) is 13.2 Å². The topological polar surface area (TPSA) is 78.9 Å². The Labute approximate surface area is 413 Å². The lowest BCUT2D eigenvalue weighted by Gasteiger charge is -2.18. The van der Waals surface area contributed by atoms with Crippen LogP contribution < -0.4 is 0 Å². The number of allylic oxidation sites excluding steroid dienone is 16. The zero-order valence-electron chi connectivity index (χ0n) is 43.6. The molecule has 0 aromatic carbocycles. The van der Waals surface area contributed by atoms with E-state index in [0.29, 0.717) is 19.3 Å². The molecule has 0 amide bonds. The maximum Gasteiger partial charge on any atom is 0.306 e. The molecule has 6 heteroatoms. The summed E-state index contributed by atoms with van der Waals surface area (Å²) in [4.78, 5) is 38.1. The fraction of sp³-hybridized carbons (Fsp3) is 0.689. The van der Waals surface area contributed by atoms with Crippen LogP contribution >= 0.6 is 0 Å². The third-order valence-corrected chi connectivity index (χ3v) is 11.6. The van der Waals surface area contributed by atoms with Crippen molar-refractivity contribution >= 4 is 17.9 Å². The predicted octanol–water partition coefficient (Wildman–Crippen LogP) is 18.5. The van der Waals surface area contributed by atoms with Gasteiger partial charge in [0.2, 0.25) is 0 Å². The zero-order valence-corrected chi connectivity index (χ0v) is 43.6. The second-order valence-corrected chi connectivity index (χ2v) is 18.1. The number of carbonyl (C=O) groups excluding carboxylic acids is 3. The molecule has 6 nitrogen and oxygen atoms in total. The average Bonchev–Trinajstić information content (AvgIpc) is 3.33. The lowest BCUT2D eigenvalue weighted by Crippen LogP contribution is -2.30. The molecule has 0 aromatic heterocycles. The van der Waals surface area contributed by atoms with Crippen LogP contribution in [0, 0.1) is 0 Å². The van der Waals surface area contributed by atoms with E-state index in [4.69, 9.17) is 14.2 Å². The minimum atomic E-state index is -0.815. The summed E-state index contributed by atoms with van der Waals surface area (Å²) in [6, 6.07) is 0. The van der Waals surface area contributed by atoms with Gasteiger partial charge in [-0.2, -0.15) is 0 Å². The Morgan fingerprint density at radius 1 is 0.313 bits per heavy atom. The van der Waals surface area contributed by atoms with Gasteiger partial charge in [0.25, 0.3) is 0 Å². The lowest BCUT2D eigenvalue weighted by molar-refractivity contribution is -0.166. The highest BCUT2D eigenvalue weighted by Gasteiger charge is 2.19. The van der Waals surface area contributed by atoms with E-state index in [1.165, 1.54) is 116 Å². The van der Waals surface area contributed by atoms with Gasteiger partial charge in [-0.1, -0.05) is 221 Å². The molecule has 0 aromatic rings. The quantitative estimate of drug-likeness (QED) is 0.0262. The number of ether oxygens (including phenoxy) is 3. The van der Waals surface area contributed by atoms with Gasteiger partial charge in [0, 0.05) is 19.3 Å². The maximum absolute atomic E-state index is 12.8. The van der Waals surface area contributed by atoms with E-state index < -0.39 is 6.10 Å². The average molecular weight is 931 g/mol. The van der Waals surface area contributed by atoms with Crippen LogP contribution in [0.5, 0.6) is 0 Å². The third-order valence-electron chi connectivity index (χ3n) is 11.6. The smallest absolute Gasteiger partial charge is 0.306 e. The second-order valence-electron chi connectivity index (χ2n) is 18.1. The number of rotatable bonds is 49. The monoisotopic (exact) mass is 931 g/mol. The first-order chi connectivity index (χ1) is 33.0. The highest BCUT2D eigenvalue weighted by Crippen LogP contribution is 2.14. The lowest BCUT2D eigenvalue weighted by atomic mass is 10.1. The van der Waals surface area contributed by atoms with Crippen molar-refractivity contribution in [2.45, 2.75) is 258 Å². The first-order valence-corrected chi connectivity index (χ1v) is 27.7. The van der Waals surface area contributed by atoms with E-state index >= 15 is 0 Å². The molecule has 67 heavy (non-hydrogen) atoms. The van der Waals surface area contributed by atoms with Crippen LogP contribution in [-0.4, -0.2) is 37.2 Å². The molecule has 0 aliphatic heterocycles. The summed E-state index contributed by atoms with van der Waals surface area (Å²) >= 11 is 0. The van der Waals surface area contributed by atoms with Gasteiger partial charge in [0.15, 0.2) is 6.10 Å². The highest BCUT2D eigenvalue weighted by atomic mass is 16.6. The first-order valence-electron chi connectivity index (χ1n) is 27.7. The minimum Gasteiger partial charge on any atom is -0.462 e. The van der Waals surface area contributed by atoms with Gasteiger partial charge < -0.3 is 14.2 Å². The molecule has 0 saturated heterocycles. The van der Waals surface area contributed by atoms with E-state index in [1.54, 1.807) is 0 Å². The SMILES string of the molecule is CC/C=C\C/C=C\C/C=C\C/C=C\CCC(=O)OCC(COC(=O)CCCCCCCCC/C=C\C/C=C\CCCCCC)OC(=O)CCCCCCCCC/C=C\C/C=C\CCCCCC. The number of hydrogen-bond acceptors (Lipinski definition) is 6. The van der Waals surface area contributed by atoms with Gasteiger partial charge in [-0.25, -0.2) is 0 Å². The summed E-state index contributed by atoms with van der Waals surface area (Å²) in [7, 11) is 0. The van der Waals surface area contributed by atoms with Crippen LogP contribution in [0.2, 0.25) is 0 Å². The van der Waals surface area contributed by atoms with Crippen LogP contribution in [0.15, 0.2) is 97.2 Å². The molecule has 382 valence electrons. The number of esters is 3. The van der Waals surface area contributed by atoms with Gasteiger partial charge in [0.1, 0.15) is 13.2 Å².